The van der Waals surface area contributed by atoms with E-state index in [9.17, 15) is 9.90 Å². The quantitative estimate of drug-likeness (QED) is 0.832. The number of amides is 1. The van der Waals surface area contributed by atoms with Crippen molar-refractivity contribution < 1.29 is 14.6 Å². The molecule has 0 aromatic rings. The van der Waals surface area contributed by atoms with Crippen LogP contribution in [-0.4, -0.2) is 47.8 Å². The van der Waals surface area contributed by atoms with Gasteiger partial charge >= 0.3 is 0 Å². The van der Waals surface area contributed by atoms with E-state index < -0.39 is 0 Å². The first kappa shape index (κ1) is 13.8. The molecule has 1 saturated heterocycles. The van der Waals surface area contributed by atoms with Gasteiger partial charge in [0.05, 0.1) is 18.8 Å². The van der Waals surface area contributed by atoms with Crippen LogP contribution in [0.15, 0.2) is 0 Å². The number of hydrogen-bond donors (Lipinski definition) is 1. The van der Waals surface area contributed by atoms with E-state index >= 15 is 0 Å². The largest absolute Gasteiger partial charge is 0.394 e. The Morgan fingerprint density at radius 2 is 2.06 bits per heavy atom. The maximum atomic E-state index is 12.7. The number of morpholine rings is 1. The van der Waals surface area contributed by atoms with Crippen molar-refractivity contribution in [3.05, 3.63) is 0 Å². The Bertz CT molecular complexity index is 299. The SMILES string of the molecule is CCC1(C(=O)N2CC(C)OC(CO)C2)CCCC1. The van der Waals surface area contributed by atoms with Crippen LogP contribution in [0.5, 0.6) is 0 Å². The van der Waals surface area contributed by atoms with Crippen molar-refractivity contribution in [2.75, 3.05) is 19.7 Å². The number of hydrogen-bond acceptors (Lipinski definition) is 3. The fourth-order valence-corrected chi connectivity index (χ4v) is 3.42. The van der Waals surface area contributed by atoms with Gasteiger partial charge in [-0.25, -0.2) is 0 Å². The molecule has 2 fully saturated rings. The number of ether oxygens (including phenoxy) is 1. The van der Waals surface area contributed by atoms with Crippen molar-refractivity contribution in [3.8, 4) is 0 Å². The minimum Gasteiger partial charge on any atom is -0.394 e. The predicted molar refractivity (Wildman–Crippen MR) is 69.2 cm³/mol. The molecule has 2 aliphatic rings. The van der Waals surface area contributed by atoms with Gasteiger partial charge in [0.25, 0.3) is 0 Å². The van der Waals surface area contributed by atoms with Crippen LogP contribution in [-0.2, 0) is 9.53 Å². The van der Waals surface area contributed by atoms with E-state index in [2.05, 4.69) is 6.92 Å². The maximum absolute atomic E-state index is 12.7. The highest BCUT2D eigenvalue weighted by Gasteiger charge is 2.43. The average molecular weight is 255 g/mol. The summed E-state index contributed by atoms with van der Waals surface area (Å²) in [7, 11) is 0. The first-order chi connectivity index (χ1) is 8.61. The summed E-state index contributed by atoms with van der Waals surface area (Å²) in [6.07, 6.45) is 5.13. The Kier molecular flexibility index (Phi) is 4.28. The fraction of sp³-hybridized carbons (Fsp3) is 0.929. The fourth-order valence-electron chi connectivity index (χ4n) is 3.42. The molecule has 1 N–H and O–H groups in total. The van der Waals surface area contributed by atoms with Gasteiger partial charge in [0.15, 0.2) is 0 Å². The molecule has 0 aromatic heterocycles. The Morgan fingerprint density at radius 3 is 2.61 bits per heavy atom. The molecule has 1 aliphatic heterocycles. The van der Waals surface area contributed by atoms with Crippen molar-refractivity contribution in [3.63, 3.8) is 0 Å². The molecule has 1 saturated carbocycles. The Morgan fingerprint density at radius 1 is 1.39 bits per heavy atom. The van der Waals surface area contributed by atoms with E-state index in [1.165, 1.54) is 12.8 Å². The van der Waals surface area contributed by atoms with Gasteiger partial charge in [-0.3, -0.25) is 4.79 Å². The third-order valence-electron chi connectivity index (χ3n) is 4.51. The van der Waals surface area contributed by atoms with E-state index in [4.69, 9.17) is 4.74 Å². The second kappa shape index (κ2) is 5.57. The van der Waals surface area contributed by atoms with Gasteiger partial charge in [0.2, 0.25) is 5.91 Å². The van der Waals surface area contributed by atoms with Crippen LogP contribution in [0.3, 0.4) is 0 Å². The third-order valence-corrected chi connectivity index (χ3v) is 4.51. The lowest BCUT2D eigenvalue weighted by atomic mass is 9.81. The van der Waals surface area contributed by atoms with E-state index in [0.29, 0.717) is 13.1 Å². The highest BCUT2D eigenvalue weighted by atomic mass is 16.5. The number of carbonyl (C=O) groups excluding carboxylic acids is 1. The highest BCUT2D eigenvalue weighted by molar-refractivity contribution is 5.83. The summed E-state index contributed by atoms with van der Waals surface area (Å²) < 4.78 is 5.60. The molecule has 2 rings (SSSR count). The zero-order chi connectivity index (χ0) is 13.2. The van der Waals surface area contributed by atoms with Crippen LogP contribution < -0.4 is 0 Å². The first-order valence-corrected chi connectivity index (χ1v) is 7.17. The third kappa shape index (κ3) is 2.54. The van der Waals surface area contributed by atoms with Gasteiger partial charge in [-0.15, -0.1) is 0 Å². The minimum absolute atomic E-state index is 0.00670. The number of aliphatic hydroxyl groups is 1. The number of nitrogens with zero attached hydrogens (tertiary/aromatic N) is 1. The topological polar surface area (TPSA) is 49.8 Å². The molecular formula is C14H25NO3. The number of rotatable bonds is 3. The van der Waals surface area contributed by atoms with Crippen molar-refractivity contribution in [2.24, 2.45) is 5.41 Å². The molecule has 1 aliphatic carbocycles. The average Bonchev–Trinajstić information content (AvgIpc) is 2.87. The molecule has 1 heterocycles. The molecular weight excluding hydrogens is 230 g/mol. The van der Waals surface area contributed by atoms with Crippen molar-refractivity contribution in [1.29, 1.82) is 0 Å². The van der Waals surface area contributed by atoms with E-state index in [1.54, 1.807) is 0 Å². The van der Waals surface area contributed by atoms with Crippen LogP contribution in [0.1, 0.15) is 46.0 Å². The lowest BCUT2D eigenvalue weighted by Gasteiger charge is -2.40. The standard InChI is InChI=1S/C14H25NO3/c1-3-14(6-4-5-7-14)13(17)15-8-11(2)18-12(9-15)10-16/h11-12,16H,3-10H2,1-2H3. The van der Waals surface area contributed by atoms with E-state index in [1.807, 2.05) is 11.8 Å². The molecule has 4 nitrogen and oxygen atoms in total. The number of carbonyl (C=O) groups is 1. The molecule has 2 unspecified atom stereocenters. The summed E-state index contributed by atoms with van der Waals surface area (Å²) in [4.78, 5) is 14.7. The van der Waals surface area contributed by atoms with Crippen LogP contribution in [0.4, 0.5) is 0 Å². The summed E-state index contributed by atoms with van der Waals surface area (Å²) in [5.41, 5.74) is -0.128. The molecule has 0 aromatic carbocycles. The van der Waals surface area contributed by atoms with Gasteiger partial charge in [-0.1, -0.05) is 19.8 Å². The van der Waals surface area contributed by atoms with Gasteiger partial charge in [-0.05, 0) is 26.2 Å². The predicted octanol–water partition coefficient (Wildman–Crippen LogP) is 1.56. The van der Waals surface area contributed by atoms with E-state index in [0.717, 1.165) is 19.3 Å². The zero-order valence-electron chi connectivity index (χ0n) is 11.5. The summed E-state index contributed by atoms with van der Waals surface area (Å²) >= 11 is 0. The van der Waals surface area contributed by atoms with Gasteiger partial charge in [0, 0.05) is 18.5 Å². The normalized spacial score (nSPS) is 31.6. The van der Waals surface area contributed by atoms with Crippen molar-refractivity contribution >= 4 is 5.91 Å². The molecule has 18 heavy (non-hydrogen) atoms. The molecule has 0 bridgehead atoms. The molecule has 2 atom stereocenters. The van der Waals surface area contributed by atoms with Crippen molar-refractivity contribution in [1.82, 2.24) is 4.90 Å². The van der Waals surface area contributed by atoms with Crippen LogP contribution in [0.2, 0.25) is 0 Å². The number of aliphatic hydroxyl groups excluding tert-OH is 1. The zero-order valence-corrected chi connectivity index (χ0v) is 11.5. The Balaban J connectivity index is 2.07. The lowest BCUT2D eigenvalue weighted by molar-refractivity contribution is -0.157. The summed E-state index contributed by atoms with van der Waals surface area (Å²) in [6, 6.07) is 0. The van der Waals surface area contributed by atoms with E-state index in [-0.39, 0.29) is 30.1 Å². The Labute approximate surface area is 109 Å². The lowest BCUT2D eigenvalue weighted by Crippen LogP contribution is -2.54. The Hall–Kier alpha value is -0.610. The summed E-state index contributed by atoms with van der Waals surface area (Å²) in [5, 5.41) is 9.23. The monoisotopic (exact) mass is 255 g/mol. The van der Waals surface area contributed by atoms with Crippen molar-refractivity contribution in [2.45, 2.75) is 58.2 Å². The summed E-state index contributed by atoms with van der Waals surface area (Å²) in [6.45, 7) is 5.29. The molecule has 104 valence electrons. The molecule has 0 radical (unpaired) electrons. The molecule has 1 amide bonds. The smallest absolute Gasteiger partial charge is 0.228 e. The van der Waals surface area contributed by atoms with Crippen LogP contribution in [0, 0.1) is 5.41 Å². The van der Waals surface area contributed by atoms with Gasteiger partial charge in [0.1, 0.15) is 0 Å². The second-order valence-electron chi connectivity index (χ2n) is 5.80. The second-order valence-corrected chi connectivity index (χ2v) is 5.80. The maximum Gasteiger partial charge on any atom is 0.228 e. The van der Waals surface area contributed by atoms with Crippen LogP contribution >= 0.6 is 0 Å². The molecule has 0 spiro atoms. The summed E-state index contributed by atoms with van der Waals surface area (Å²) in [5.74, 6) is 0.288. The first-order valence-electron chi connectivity index (χ1n) is 7.17. The van der Waals surface area contributed by atoms with Gasteiger partial charge < -0.3 is 14.7 Å². The minimum atomic E-state index is -0.215. The molecule has 4 heteroatoms. The highest BCUT2D eigenvalue weighted by Crippen LogP contribution is 2.42. The van der Waals surface area contributed by atoms with Gasteiger partial charge in [-0.2, -0.15) is 0 Å². The van der Waals surface area contributed by atoms with Crippen LogP contribution in [0.25, 0.3) is 0 Å².